The quantitative estimate of drug-likeness (QED) is 0.335. The highest BCUT2D eigenvalue weighted by Crippen LogP contribution is 2.34. The first-order chi connectivity index (χ1) is 17.0. The number of anilines is 1. The van der Waals surface area contributed by atoms with Gasteiger partial charge < -0.3 is 18.9 Å². The fourth-order valence-corrected chi connectivity index (χ4v) is 4.79. The van der Waals surface area contributed by atoms with E-state index in [0.717, 1.165) is 39.6 Å². The van der Waals surface area contributed by atoms with Crippen molar-refractivity contribution in [3.63, 3.8) is 0 Å². The summed E-state index contributed by atoms with van der Waals surface area (Å²) in [6.45, 7) is 8.56. The van der Waals surface area contributed by atoms with Gasteiger partial charge in [-0.1, -0.05) is 24.3 Å². The van der Waals surface area contributed by atoms with E-state index in [1.54, 1.807) is 0 Å². The van der Waals surface area contributed by atoms with Gasteiger partial charge in [0.25, 0.3) is 0 Å². The standard InChI is InChI=1S/C29H31N3O3/c1-4-34-24-14-12-23(13-15-24)32-19-22(18-28(32)33)29-30-25-9-5-6-10-26(25)31(29)16-17-35-27-11-7-8-20(2)21(27)3/h5-15,22H,4,16-19H2,1-3H3. The minimum Gasteiger partial charge on any atom is -0.494 e. The molecular formula is C29H31N3O3. The number of hydrogen-bond donors (Lipinski definition) is 0. The highest BCUT2D eigenvalue weighted by Gasteiger charge is 2.34. The van der Waals surface area contributed by atoms with Gasteiger partial charge in [-0.2, -0.15) is 0 Å². The van der Waals surface area contributed by atoms with E-state index in [1.165, 1.54) is 5.56 Å². The Morgan fingerprint density at radius 1 is 0.971 bits per heavy atom. The van der Waals surface area contributed by atoms with Gasteiger partial charge in [0.15, 0.2) is 0 Å². The normalized spacial score (nSPS) is 15.7. The fourth-order valence-electron chi connectivity index (χ4n) is 4.79. The maximum absolute atomic E-state index is 13.0. The summed E-state index contributed by atoms with van der Waals surface area (Å²) in [5, 5.41) is 0. The largest absolute Gasteiger partial charge is 0.494 e. The number of nitrogens with zero attached hydrogens (tertiary/aromatic N) is 3. The second kappa shape index (κ2) is 9.82. The molecule has 0 aliphatic carbocycles. The van der Waals surface area contributed by atoms with Crippen LogP contribution in [0.1, 0.15) is 36.2 Å². The van der Waals surface area contributed by atoms with E-state index in [4.69, 9.17) is 14.5 Å². The summed E-state index contributed by atoms with van der Waals surface area (Å²) in [5.74, 6) is 2.79. The summed E-state index contributed by atoms with van der Waals surface area (Å²) in [7, 11) is 0. The molecule has 35 heavy (non-hydrogen) atoms. The first-order valence-corrected chi connectivity index (χ1v) is 12.2. The third-order valence-electron chi connectivity index (χ3n) is 6.76. The van der Waals surface area contributed by atoms with Crippen molar-refractivity contribution in [1.29, 1.82) is 0 Å². The lowest BCUT2D eigenvalue weighted by atomic mass is 10.1. The van der Waals surface area contributed by atoms with Crippen molar-refractivity contribution in [3.8, 4) is 11.5 Å². The summed E-state index contributed by atoms with van der Waals surface area (Å²) < 4.78 is 13.9. The molecular weight excluding hydrogens is 438 g/mol. The van der Waals surface area contributed by atoms with Crippen LogP contribution in [-0.2, 0) is 11.3 Å². The minimum atomic E-state index is 0.0159. The fraction of sp³-hybridized carbons (Fsp3) is 0.310. The van der Waals surface area contributed by atoms with E-state index in [9.17, 15) is 4.79 Å². The smallest absolute Gasteiger partial charge is 0.227 e. The van der Waals surface area contributed by atoms with Crippen molar-refractivity contribution in [2.45, 2.75) is 39.7 Å². The Hall–Kier alpha value is -3.80. The minimum absolute atomic E-state index is 0.0159. The van der Waals surface area contributed by atoms with E-state index in [-0.39, 0.29) is 11.8 Å². The zero-order valence-corrected chi connectivity index (χ0v) is 20.5. The van der Waals surface area contributed by atoms with Crippen LogP contribution in [0.2, 0.25) is 0 Å². The van der Waals surface area contributed by atoms with Crippen molar-refractivity contribution < 1.29 is 14.3 Å². The lowest BCUT2D eigenvalue weighted by molar-refractivity contribution is -0.117. The van der Waals surface area contributed by atoms with E-state index in [0.29, 0.717) is 32.7 Å². The first-order valence-electron chi connectivity index (χ1n) is 12.2. The molecule has 0 bridgehead atoms. The number of ether oxygens (including phenoxy) is 2. The summed E-state index contributed by atoms with van der Waals surface area (Å²) in [5.41, 5.74) is 5.29. The van der Waals surface area contributed by atoms with Gasteiger partial charge in [-0.05, 0) is 74.4 Å². The third kappa shape index (κ3) is 4.61. The van der Waals surface area contributed by atoms with Crippen molar-refractivity contribution in [3.05, 3.63) is 83.7 Å². The predicted octanol–water partition coefficient (Wildman–Crippen LogP) is 5.65. The van der Waals surface area contributed by atoms with Gasteiger partial charge in [0.05, 0.1) is 24.2 Å². The molecule has 0 spiro atoms. The molecule has 6 heteroatoms. The number of rotatable bonds is 8. The summed E-state index contributed by atoms with van der Waals surface area (Å²) in [6, 6.07) is 22.0. The summed E-state index contributed by atoms with van der Waals surface area (Å²) >= 11 is 0. The number of para-hydroxylation sites is 2. The second-order valence-electron chi connectivity index (χ2n) is 8.99. The van der Waals surface area contributed by atoms with Gasteiger partial charge in [0, 0.05) is 24.6 Å². The number of fused-ring (bicyclic) bond motifs is 1. The van der Waals surface area contributed by atoms with Gasteiger partial charge >= 0.3 is 0 Å². The van der Waals surface area contributed by atoms with Crippen LogP contribution in [0.5, 0.6) is 11.5 Å². The Bertz CT molecular complexity index is 1340. The van der Waals surface area contributed by atoms with Crippen LogP contribution in [0.15, 0.2) is 66.7 Å². The van der Waals surface area contributed by atoms with Crippen molar-refractivity contribution in [2.24, 2.45) is 0 Å². The van der Waals surface area contributed by atoms with Gasteiger partial charge in [0.1, 0.15) is 23.9 Å². The number of carbonyl (C=O) groups excluding carboxylic acids is 1. The molecule has 2 heterocycles. The van der Waals surface area contributed by atoms with Crippen LogP contribution in [0.3, 0.4) is 0 Å². The number of aryl methyl sites for hydroxylation is 1. The van der Waals surface area contributed by atoms with Gasteiger partial charge in [0.2, 0.25) is 5.91 Å². The SMILES string of the molecule is CCOc1ccc(N2CC(c3nc4ccccc4n3CCOc3cccc(C)c3C)CC2=O)cc1. The molecule has 1 amide bonds. The molecule has 1 aromatic heterocycles. The van der Waals surface area contributed by atoms with Crippen molar-refractivity contribution >= 4 is 22.6 Å². The summed E-state index contributed by atoms with van der Waals surface area (Å²) in [6.07, 6.45) is 0.439. The van der Waals surface area contributed by atoms with E-state index in [2.05, 4.69) is 30.5 Å². The van der Waals surface area contributed by atoms with Crippen LogP contribution >= 0.6 is 0 Å². The predicted molar refractivity (Wildman–Crippen MR) is 138 cm³/mol. The number of benzene rings is 3. The molecule has 1 atom stereocenters. The van der Waals surface area contributed by atoms with Crippen molar-refractivity contribution in [1.82, 2.24) is 9.55 Å². The molecule has 1 fully saturated rings. The monoisotopic (exact) mass is 469 g/mol. The van der Waals surface area contributed by atoms with Crippen molar-refractivity contribution in [2.75, 3.05) is 24.7 Å². The Morgan fingerprint density at radius 3 is 2.57 bits per heavy atom. The molecule has 1 saturated heterocycles. The molecule has 4 aromatic rings. The molecule has 0 saturated carbocycles. The van der Waals surface area contributed by atoms with Crippen LogP contribution in [0.25, 0.3) is 11.0 Å². The van der Waals surface area contributed by atoms with Gasteiger partial charge in [-0.15, -0.1) is 0 Å². The Morgan fingerprint density at radius 2 is 1.77 bits per heavy atom. The third-order valence-corrected chi connectivity index (χ3v) is 6.76. The maximum Gasteiger partial charge on any atom is 0.227 e. The second-order valence-corrected chi connectivity index (χ2v) is 8.99. The lowest BCUT2D eigenvalue weighted by Gasteiger charge is -2.18. The molecule has 6 nitrogen and oxygen atoms in total. The maximum atomic E-state index is 13.0. The Balaban J connectivity index is 1.37. The first kappa shape index (κ1) is 23.0. The van der Waals surface area contributed by atoms with Gasteiger partial charge in [-0.25, -0.2) is 4.98 Å². The number of carbonyl (C=O) groups is 1. The molecule has 5 rings (SSSR count). The van der Waals surface area contributed by atoms with Crippen LogP contribution in [0, 0.1) is 13.8 Å². The van der Waals surface area contributed by atoms with E-state index >= 15 is 0 Å². The Kier molecular flexibility index (Phi) is 6.45. The molecule has 0 radical (unpaired) electrons. The van der Waals surface area contributed by atoms with Gasteiger partial charge in [-0.3, -0.25) is 4.79 Å². The zero-order valence-electron chi connectivity index (χ0n) is 20.5. The van der Waals surface area contributed by atoms with Crippen LogP contribution in [0.4, 0.5) is 5.69 Å². The number of amides is 1. The lowest BCUT2D eigenvalue weighted by Crippen LogP contribution is -2.24. The highest BCUT2D eigenvalue weighted by atomic mass is 16.5. The van der Waals surface area contributed by atoms with Crippen LogP contribution in [-0.4, -0.2) is 35.2 Å². The average Bonchev–Trinajstić information content (AvgIpc) is 3.43. The number of imidazole rings is 1. The number of hydrogen-bond acceptors (Lipinski definition) is 4. The molecule has 3 aromatic carbocycles. The molecule has 180 valence electrons. The highest BCUT2D eigenvalue weighted by molar-refractivity contribution is 5.96. The van der Waals surface area contributed by atoms with Crippen LogP contribution < -0.4 is 14.4 Å². The molecule has 1 aliphatic heterocycles. The Labute approximate surface area is 206 Å². The zero-order chi connectivity index (χ0) is 24.4. The molecule has 1 aliphatic rings. The molecule has 0 N–H and O–H groups in total. The molecule has 1 unspecified atom stereocenters. The average molecular weight is 470 g/mol. The topological polar surface area (TPSA) is 56.6 Å². The van der Waals surface area contributed by atoms with E-state index in [1.807, 2.05) is 66.4 Å². The number of aromatic nitrogens is 2. The summed E-state index contributed by atoms with van der Waals surface area (Å²) in [4.78, 5) is 19.8. The van der Waals surface area contributed by atoms with E-state index < -0.39 is 0 Å².